The largest absolute Gasteiger partial charge is 0.416 e. The summed E-state index contributed by atoms with van der Waals surface area (Å²) in [7, 11) is 1.74. The summed E-state index contributed by atoms with van der Waals surface area (Å²) in [5.41, 5.74) is 6.41. The Bertz CT molecular complexity index is 910. The third-order valence-electron chi connectivity index (χ3n) is 3.53. The fourth-order valence-electron chi connectivity index (χ4n) is 2.49. The molecule has 2 N–H and O–H groups in total. The molecule has 9 heteroatoms. The molecule has 24 heavy (non-hydrogen) atoms. The van der Waals surface area contributed by atoms with E-state index in [9.17, 15) is 13.2 Å². The second kappa shape index (κ2) is 5.55. The summed E-state index contributed by atoms with van der Waals surface area (Å²) in [4.78, 5) is 0. The van der Waals surface area contributed by atoms with E-state index < -0.39 is 11.7 Å². The molecular weight excluding hydrogens is 343 g/mol. The SMILES string of the molecule is Cc1nn(-c2ccn(C)n2)c(N)c1-c1cc(Cl)cc(C(F)(F)F)c1. The molecule has 0 aliphatic carbocycles. The van der Waals surface area contributed by atoms with Crippen LogP contribution in [0.25, 0.3) is 16.9 Å². The molecule has 2 heterocycles. The Balaban J connectivity index is 2.17. The van der Waals surface area contributed by atoms with E-state index in [1.807, 2.05) is 0 Å². The standard InChI is InChI=1S/C15H13ClF3N5/c1-8-13(9-5-10(15(17,18)19)7-11(16)6-9)14(20)24(21-8)12-3-4-23(2)22-12/h3-7H,20H2,1-2H3. The monoisotopic (exact) mass is 355 g/mol. The second-order valence-electron chi connectivity index (χ2n) is 5.33. The number of nitrogen functional groups attached to an aromatic ring is 1. The smallest absolute Gasteiger partial charge is 0.383 e. The molecule has 126 valence electrons. The first kappa shape index (κ1) is 16.4. The number of halogens is 4. The van der Waals surface area contributed by atoms with Gasteiger partial charge in [0.25, 0.3) is 0 Å². The molecule has 2 aromatic heterocycles. The van der Waals surface area contributed by atoms with Crippen LogP contribution in [-0.2, 0) is 13.2 Å². The number of alkyl halides is 3. The third kappa shape index (κ3) is 2.84. The van der Waals surface area contributed by atoms with Crippen LogP contribution < -0.4 is 5.73 Å². The second-order valence-corrected chi connectivity index (χ2v) is 5.77. The van der Waals surface area contributed by atoms with E-state index >= 15 is 0 Å². The molecule has 0 bridgehead atoms. The Morgan fingerprint density at radius 3 is 2.46 bits per heavy atom. The van der Waals surface area contributed by atoms with Crippen molar-refractivity contribution in [3.63, 3.8) is 0 Å². The maximum absolute atomic E-state index is 13.0. The molecule has 0 radical (unpaired) electrons. The molecule has 3 rings (SSSR count). The highest BCUT2D eigenvalue weighted by atomic mass is 35.5. The van der Waals surface area contributed by atoms with Crippen LogP contribution in [0.15, 0.2) is 30.5 Å². The minimum absolute atomic E-state index is 0.0239. The van der Waals surface area contributed by atoms with Crippen LogP contribution in [-0.4, -0.2) is 19.6 Å². The number of hydrogen-bond donors (Lipinski definition) is 1. The summed E-state index contributed by atoms with van der Waals surface area (Å²) in [5.74, 6) is 0.670. The Kier molecular flexibility index (Phi) is 3.79. The predicted molar refractivity (Wildman–Crippen MR) is 84.9 cm³/mol. The summed E-state index contributed by atoms with van der Waals surface area (Å²) in [6.07, 6.45) is -2.79. The van der Waals surface area contributed by atoms with Crippen molar-refractivity contribution in [1.82, 2.24) is 19.6 Å². The van der Waals surface area contributed by atoms with E-state index in [-0.39, 0.29) is 16.4 Å². The maximum Gasteiger partial charge on any atom is 0.416 e. The van der Waals surface area contributed by atoms with Gasteiger partial charge in [0.05, 0.1) is 11.3 Å². The normalized spacial score (nSPS) is 11.9. The van der Waals surface area contributed by atoms with E-state index in [2.05, 4.69) is 10.2 Å². The minimum Gasteiger partial charge on any atom is -0.383 e. The molecule has 0 amide bonds. The van der Waals surface area contributed by atoms with Gasteiger partial charge in [0.2, 0.25) is 0 Å². The van der Waals surface area contributed by atoms with Crippen molar-refractivity contribution >= 4 is 17.4 Å². The highest BCUT2D eigenvalue weighted by Gasteiger charge is 2.32. The van der Waals surface area contributed by atoms with Gasteiger partial charge in [0, 0.05) is 29.9 Å². The van der Waals surface area contributed by atoms with Gasteiger partial charge in [0.1, 0.15) is 5.82 Å². The topological polar surface area (TPSA) is 61.7 Å². The Morgan fingerprint density at radius 1 is 1.17 bits per heavy atom. The molecule has 0 atom stereocenters. The van der Waals surface area contributed by atoms with Gasteiger partial charge in [-0.3, -0.25) is 4.68 Å². The quantitative estimate of drug-likeness (QED) is 0.759. The lowest BCUT2D eigenvalue weighted by Crippen LogP contribution is -2.06. The Hall–Kier alpha value is -2.48. The molecule has 0 spiro atoms. The Morgan fingerprint density at radius 2 is 1.88 bits per heavy atom. The van der Waals surface area contributed by atoms with Gasteiger partial charge in [-0.05, 0) is 30.7 Å². The zero-order valence-corrected chi connectivity index (χ0v) is 13.5. The lowest BCUT2D eigenvalue weighted by molar-refractivity contribution is -0.137. The van der Waals surface area contributed by atoms with Crippen molar-refractivity contribution in [3.05, 3.63) is 46.7 Å². The number of nitrogens with zero attached hydrogens (tertiary/aromatic N) is 4. The van der Waals surface area contributed by atoms with Crippen molar-refractivity contribution in [2.45, 2.75) is 13.1 Å². The fraction of sp³-hybridized carbons (Fsp3) is 0.200. The molecule has 5 nitrogen and oxygen atoms in total. The van der Waals surface area contributed by atoms with Gasteiger partial charge >= 0.3 is 6.18 Å². The van der Waals surface area contributed by atoms with Crippen LogP contribution in [0, 0.1) is 6.92 Å². The highest BCUT2D eigenvalue weighted by molar-refractivity contribution is 6.31. The summed E-state index contributed by atoms with van der Waals surface area (Å²) in [6.45, 7) is 1.67. The first-order valence-corrected chi connectivity index (χ1v) is 7.28. The first-order valence-electron chi connectivity index (χ1n) is 6.90. The van der Waals surface area contributed by atoms with Gasteiger partial charge in [-0.1, -0.05) is 11.6 Å². The van der Waals surface area contributed by atoms with Crippen LogP contribution in [0.5, 0.6) is 0 Å². The number of anilines is 1. The van der Waals surface area contributed by atoms with E-state index in [4.69, 9.17) is 17.3 Å². The Labute approximate surface area is 140 Å². The number of benzene rings is 1. The van der Waals surface area contributed by atoms with Crippen LogP contribution in [0.4, 0.5) is 19.0 Å². The lowest BCUT2D eigenvalue weighted by Gasteiger charge is -2.10. The van der Waals surface area contributed by atoms with Crippen LogP contribution in [0.1, 0.15) is 11.3 Å². The highest BCUT2D eigenvalue weighted by Crippen LogP contribution is 2.37. The van der Waals surface area contributed by atoms with Crippen molar-refractivity contribution in [1.29, 1.82) is 0 Å². The summed E-state index contributed by atoms with van der Waals surface area (Å²) in [5, 5.41) is 8.45. The molecular formula is C15H13ClF3N5. The fourth-order valence-corrected chi connectivity index (χ4v) is 2.73. The van der Waals surface area contributed by atoms with E-state index in [1.165, 1.54) is 10.7 Å². The van der Waals surface area contributed by atoms with Gasteiger partial charge in [-0.2, -0.15) is 28.1 Å². The number of nitrogens with two attached hydrogens (primary N) is 1. The average Bonchev–Trinajstić information content (AvgIpc) is 3.01. The van der Waals surface area contributed by atoms with Gasteiger partial charge in [0.15, 0.2) is 5.82 Å². The van der Waals surface area contributed by atoms with Crippen LogP contribution >= 0.6 is 11.6 Å². The van der Waals surface area contributed by atoms with Crippen molar-refractivity contribution < 1.29 is 13.2 Å². The van der Waals surface area contributed by atoms with Crippen molar-refractivity contribution in [2.24, 2.45) is 7.05 Å². The zero-order valence-electron chi connectivity index (χ0n) is 12.8. The zero-order chi connectivity index (χ0) is 17.6. The van der Waals surface area contributed by atoms with Crippen LogP contribution in [0.3, 0.4) is 0 Å². The molecule has 0 aliphatic heterocycles. The molecule has 3 aromatic rings. The molecule has 0 unspecified atom stereocenters. The maximum atomic E-state index is 13.0. The van der Waals surface area contributed by atoms with Crippen LogP contribution in [0.2, 0.25) is 5.02 Å². The average molecular weight is 356 g/mol. The summed E-state index contributed by atoms with van der Waals surface area (Å²) < 4.78 is 42.0. The molecule has 0 saturated heterocycles. The number of hydrogen-bond acceptors (Lipinski definition) is 3. The number of aromatic nitrogens is 4. The van der Waals surface area contributed by atoms with Gasteiger partial charge < -0.3 is 5.73 Å². The first-order chi connectivity index (χ1) is 11.2. The number of rotatable bonds is 2. The summed E-state index contributed by atoms with van der Waals surface area (Å²) >= 11 is 5.85. The van der Waals surface area contributed by atoms with E-state index in [1.54, 1.807) is 30.9 Å². The van der Waals surface area contributed by atoms with Crippen molar-refractivity contribution in [2.75, 3.05) is 5.73 Å². The molecule has 0 aliphatic rings. The predicted octanol–water partition coefficient (Wildman–Crippen LogP) is 3.84. The lowest BCUT2D eigenvalue weighted by atomic mass is 10.0. The molecule has 0 fully saturated rings. The van der Waals surface area contributed by atoms with E-state index in [0.29, 0.717) is 17.1 Å². The summed E-state index contributed by atoms with van der Waals surface area (Å²) in [6, 6.07) is 5.01. The van der Waals surface area contributed by atoms with Gasteiger partial charge in [-0.15, -0.1) is 0 Å². The van der Waals surface area contributed by atoms with E-state index in [0.717, 1.165) is 12.1 Å². The number of aryl methyl sites for hydroxylation is 2. The molecule has 1 aromatic carbocycles. The van der Waals surface area contributed by atoms with Crippen molar-refractivity contribution in [3.8, 4) is 16.9 Å². The third-order valence-corrected chi connectivity index (χ3v) is 3.74. The van der Waals surface area contributed by atoms with Gasteiger partial charge in [-0.25, -0.2) is 0 Å². The molecule has 0 saturated carbocycles. The minimum atomic E-state index is -4.50.